The van der Waals surface area contributed by atoms with E-state index in [1.807, 2.05) is 24.1 Å². The van der Waals surface area contributed by atoms with Gasteiger partial charge in [-0.15, -0.1) is 0 Å². The number of hydrogen-bond acceptors (Lipinski definition) is 2. The van der Waals surface area contributed by atoms with Crippen molar-refractivity contribution in [3.8, 4) is 0 Å². The number of amides is 1. The number of fused-ring (bicyclic) bond motifs is 1. The Morgan fingerprint density at radius 2 is 1.90 bits per heavy atom. The highest BCUT2D eigenvalue weighted by atomic mass is 19.1. The van der Waals surface area contributed by atoms with Gasteiger partial charge in [0.25, 0.3) is 0 Å². The molecule has 1 unspecified atom stereocenters. The molecule has 2 heterocycles. The second-order valence-electron chi connectivity index (χ2n) is 9.48. The van der Waals surface area contributed by atoms with Crippen molar-refractivity contribution in [3.63, 3.8) is 0 Å². The van der Waals surface area contributed by atoms with Crippen molar-refractivity contribution in [3.05, 3.63) is 35.8 Å². The Labute approximate surface area is 172 Å². The number of aromatic nitrogens is 1. The molecule has 3 atom stereocenters. The number of nitrogens with zero attached hydrogens (tertiary/aromatic N) is 3. The zero-order valence-corrected chi connectivity index (χ0v) is 17.6. The van der Waals surface area contributed by atoms with E-state index < -0.39 is 0 Å². The number of carbonyl (C=O) groups excluding carboxylic acids is 1. The summed E-state index contributed by atoms with van der Waals surface area (Å²) in [6.45, 7) is 4.17. The lowest BCUT2D eigenvalue weighted by atomic mass is 9.89. The van der Waals surface area contributed by atoms with E-state index in [1.54, 1.807) is 6.07 Å². The third kappa shape index (κ3) is 3.48. The van der Waals surface area contributed by atoms with Crippen molar-refractivity contribution in [1.29, 1.82) is 0 Å². The lowest BCUT2D eigenvalue weighted by Crippen LogP contribution is -2.43. The number of carbonyl (C=O) groups is 1. The normalized spacial score (nSPS) is 28.2. The number of halogens is 1. The summed E-state index contributed by atoms with van der Waals surface area (Å²) in [7, 11) is 2.00. The Morgan fingerprint density at radius 3 is 2.69 bits per heavy atom. The molecule has 1 aromatic carbocycles. The Hall–Kier alpha value is -1.88. The SMILES string of the molecule is Cc1ccc(F)c2ccn([C@@H]3CCC[C@@H](N4CCC(N(C)C(=O)C5CC5)C4)C3)c12. The molecule has 2 aliphatic carbocycles. The fourth-order valence-electron chi connectivity index (χ4n) is 5.66. The quantitative estimate of drug-likeness (QED) is 0.759. The molecule has 0 radical (unpaired) electrons. The van der Waals surface area contributed by atoms with Gasteiger partial charge in [0, 0.05) is 55.8 Å². The maximum Gasteiger partial charge on any atom is 0.225 e. The Morgan fingerprint density at radius 1 is 1.10 bits per heavy atom. The van der Waals surface area contributed by atoms with Crippen molar-refractivity contribution in [2.24, 2.45) is 5.92 Å². The predicted molar refractivity (Wildman–Crippen MR) is 113 cm³/mol. The van der Waals surface area contributed by atoms with Gasteiger partial charge in [-0.05, 0) is 69.6 Å². The summed E-state index contributed by atoms with van der Waals surface area (Å²) in [5, 5.41) is 0.744. The topological polar surface area (TPSA) is 28.5 Å². The van der Waals surface area contributed by atoms with Crippen molar-refractivity contribution in [1.82, 2.24) is 14.4 Å². The molecule has 5 rings (SSSR count). The first kappa shape index (κ1) is 19.1. The van der Waals surface area contributed by atoms with Crippen LogP contribution in [-0.4, -0.2) is 52.5 Å². The van der Waals surface area contributed by atoms with Gasteiger partial charge in [0.1, 0.15) is 5.82 Å². The fourth-order valence-corrected chi connectivity index (χ4v) is 5.66. The standard InChI is InChI=1S/C24H32FN3O/c1-16-6-9-22(25)21-11-13-28(23(16)21)19-5-3-4-18(14-19)27-12-10-20(15-27)26(2)24(29)17-7-8-17/h6,9,11,13,17-20H,3-5,7-8,10,12,14-15H2,1-2H3/t18-,19-,20?/m1/s1. The summed E-state index contributed by atoms with van der Waals surface area (Å²) in [6.07, 6.45) is 10.1. The monoisotopic (exact) mass is 397 g/mol. The zero-order valence-electron chi connectivity index (χ0n) is 17.6. The van der Waals surface area contributed by atoms with Crippen LogP contribution in [0.4, 0.5) is 4.39 Å². The fraction of sp³-hybridized carbons (Fsp3) is 0.625. The van der Waals surface area contributed by atoms with Crippen LogP contribution in [-0.2, 0) is 4.79 Å². The molecule has 156 valence electrons. The van der Waals surface area contributed by atoms with E-state index >= 15 is 0 Å². The average molecular weight is 398 g/mol. The van der Waals surface area contributed by atoms with Crippen LogP contribution in [0.5, 0.6) is 0 Å². The molecule has 0 bridgehead atoms. The van der Waals surface area contributed by atoms with Gasteiger partial charge in [-0.2, -0.15) is 0 Å². The highest BCUT2D eigenvalue weighted by Crippen LogP contribution is 2.37. The van der Waals surface area contributed by atoms with Gasteiger partial charge in [-0.1, -0.05) is 6.07 Å². The third-order valence-electron chi connectivity index (χ3n) is 7.57. The number of aryl methyl sites for hydroxylation is 1. The minimum absolute atomic E-state index is 0.123. The molecular weight excluding hydrogens is 365 g/mol. The summed E-state index contributed by atoms with van der Waals surface area (Å²) in [5.41, 5.74) is 2.21. The van der Waals surface area contributed by atoms with Crippen LogP contribution in [0.3, 0.4) is 0 Å². The lowest BCUT2D eigenvalue weighted by Gasteiger charge is -2.37. The smallest absolute Gasteiger partial charge is 0.225 e. The molecule has 1 amide bonds. The number of hydrogen-bond donors (Lipinski definition) is 0. The van der Waals surface area contributed by atoms with E-state index in [1.165, 1.54) is 12.8 Å². The highest BCUT2D eigenvalue weighted by Gasteiger charge is 2.39. The van der Waals surface area contributed by atoms with Crippen LogP contribution >= 0.6 is 0 Å². The number of benzene rings is 1. The Kier molecular flexibility index (Phi) is 4.89. The van der Waals surface area contributed by atoms with Gasteiger partial charge in [0.15, 0.2) is 0 Å². The Bertz CT molecular complexity index is 918. The summed E-state index contributed by atoms with van der Waals surface area (Å²) in [6, 6.07) is 6.77. The predicted octanol–water partition coefficient (Wildman–Crippen LogP) is 4.52. The van der Waals surface area contributed by atoms with E-state index in [2.05, 4.69) is 22.6 Å². The molecule has 0 spiro atoms. The van der Waals surface area contributed by atoms with Gasteiger partial charge in [0.2, 0.25) is 5.91 Å². The maximum atomic E-state index is 14.3. The summed E-state index contributed by atoms with van der Waals surface area (Å²) >= 11 is 0. The Balaban J connectivity index is 1.29. The first-order valence-electron chi connectivity index (χ1n) is 11.3. The van der Waals surface area contributed by atoms with Crippen molar-refractivity contribution in [2.75, 3.05) is 20.1 Å². The largest absolute Gasteiger partial charge is 0.344 e. The molecule has 3 fully saturated rings. The molecule has 3 aliphatic rings. The van der Waals surface area contributed by atoms with Crippen LogP contribution in [0.1, 0.15) is 56.6 Å². The first-order valence-corrected chi connectivity index (χ1v) is 11.3. The van der Waals surface area contributed by atoms with Crippen LogP contribution in [0, 0.1) is 18.7 Å². The lowest BCUT2D eigenvalue weighted by molar-refractivity contribution is -0.133. The van der Waals surface area contributed by atoms with Crippen LogP contribution in [0.25, 0.3) is 10.9 Å². The molecule has 2 aromatic rings. The van der Waals surface area contributed by atoms with Gasteiger partial charge in [-0.3, -0.25) is 9.69 Å². The number of likely N-dealkylation sites (tertiary alicyclic amines) is 1. The summed E-state index contributed by atoms with van der Waals surface area (Å²) in [5.74, 6) is 0.538. The number of likely N-dealkylation sites (N-methyl/N-ethyl adjacent to an activating group) is 1. The average Bonchev–Trinajstić information content (AvgIpc) is 3.28. The second-order valence-corrected chi connectivity index (χ2v) is 9.48. The molecule has 2 saturated carbocycles. The molecule has 1 aromatic heterocycles. The van der Waals surface area contributed by atoms with Crippen LogP contribution in [0.15, 0.2) is 24.4 Å². The van der Waals surface area contributed by atoms with E-state index in [0.717, 1.165) is 61.7 Å². The van der Waals surface area contributed by atoms with Crippen LogP contribution < -0.4 is 0 Å². The minimum Gasteiger partial charge on any atom is -0.344 e. The van der Waals surface area contributed by atoms with E-state index in [9.17, 15) is 9.18 Å². The van der Waals surface area contributed by atoms with Crippen molar-refractivity contribution in [2.45, 2.75) is 70.0 Å². The van der Waals surface area contributed by atoms with E-state index in [4.69, 9.17) is 0 Å². The minimum atomic E-state index is -0.123. The zero-order chi connectivity index (χ0) is 20.1. The maximum absolute atomic E-state index is 14.3. The van der Waals surface area contributed by atoms with Gasteiger partial charge in [0.05, 0.1) is 5.52 Å². The van der Waals surface area contributed by atoms with Gasteiger partial charge in [-0.25, -0.2) is 4.39 Å². The molecular formula is C24H32FN3O. The van der Waals surface area contributed by atoms with Crippen molar-refractivity contribution >= 4 is 16.8 Å². The molecule has 1 aliphatic heterocycles. The van der Waals surface area contributed by atoms with Gasteiger partial charge < -0.3 is 9.47 Å². The molecule has 5 heteroatoms. The molecule has 1 saturated heterocycles. The van der Waals surface area contributed by atoms with Gasteiger partial charge >= 0.3 is 0 Å². The third-order valence-corrected chi connectivity index (χ3v) is 7.57. The highest BCUT2D eigenvalue weighted by molar-refractivity contribution is 5.84. The molecule has 0 N–H and O–H groups in total. The molecule has 4 nitrogen and oxygen atoms in total. The summed E-state index contributed by atoms with van der Waals surface area (Å²) < 4.78 is 16.6. The van der Waals surface area contributed by atoms with E-state index in [-0.39, 0.29) is 5.82 Å². The first-order chi connectivity index (χ1) is 14.0. The van der Waals surface area contributed by atoms with E-state index in [0.29, 0.717) is 30.0 Å². The summed E-state index contributed by atoms with van der Waals surface area (Å²) in [4.78, 5) is 17.1. The second kappa shape index (κ2) is 7.42. The van der Waals surface area contributed by atoms with Crippen LogP contribution in [0.2, 0.25) is 0 Å². The number of rotatable bonds is 4. The molecule has 29 heavy (non-hydrogen) atoms. The van der Waals surface area contributed by atoms with Crippen molar-refractivity contribution < 1.29 is 9.18 Å².